The molecule has 0 amide bonds. The smallest absolute Gasteiger partial charge is 0.126 e. The van der Waals surface area contributed by atoms with Crippen molar-refractivity contribution < 1.29 is 0 Å². The van der Waals surface area contributed by atoms with Crippen LogP contribution in [0.2, 0.25) is 0 Å². The molecule has 1 aromatic carbocycles. The Kier molecular flexibility index (Phi) is 7.45. The van der Waals surface area contributed by atoms with Crippen LogP contribution in [0.5, 0.6) is 0 Å². The molecule has 1 heterocycles. The highest BCUT2D eigenvalue weighted by Crippen LogP contribution is 2.27. The third kappa shape index (κ3) is 6.22. The Morgan fingerprint density at radius 1 is 1.00 bits per heavy atom. The fraction of sp³-hybridized carbons (Fsp3) is 0.464. The molecule has 0 bridgehead atoms. The van der Waals surface area contributed by atoms with Crippen LogP contribution in [0.15, 0.2) is 61.3 Å². The van der Waals surface area contributed by atoms with Crippen LogP contribution in [0.25, 0.3) is 5.57 Å². The molecule has 2 N–H and O–H groups in total. The van der Waals surface area contributed by atoms with Gasteiger partial charge in [-0.15, -0.1) is 0 Å². The highest BCUT2D eigenvalue weighted by molar-refractivity contribution is 5.73. The molecule has 0 saturated heterocycles. The first-order valence-corrected chi connectivity index (χ1v) is 12.1. The van der Waals surface area contributed by atoms with Gasteiger partial charge in [0.25, 0.3) is 0 Å². The Balaban J connectivity index is 1.24. The highest BCUT2D eigenvalue weighted by atomic mass is 15.0. The van der Waals surface area contributed by atoms with Crippen molar-refractivity contribution in [2.75, 3.05) is 5.32 Å². The lowest BCUT2D eigenvalue weighted by Crippen LogP contribution is -2.24. The lowest BCUT2D eigenvalue weighted by molar-refractivity contribution is 0.354. The van der Waals surface area contributed by atoms with E-state index >= 15 is 0 Å². The van der Waals surface area contributed by atoms with Gasteiger partial charge in [0.2, 0.25) is 0 Å². The van der Waals surface area contributed by atoms with E-state index in [0.29, 0.717) is 12.1 Å². The van der Waals surface area contributed by atoms with E-state index in [0.717, 1.165) is 30.2 Å². The number of nitrogens with zero attached hydrogens (tertiary/aromatic N) is 1. The fourth-order valence-corrected chi connectivity index (χ4v) is 5.14. The molecule has 2 aliphatic carbocycles. The van der Waals surface area contributed by atoms with Crippen LogP contribution < -0.4 is 10.6 Å². The maximum Gasteiger partial charge on any atom is 0.126 e. The second-order valence-electron chi connectivity index (χ2n) is 9.41. The number of aromatic nitrogens is 1. The van der Waals surface area contributed by atoms with Crippen molar-refractivity contribution in [3.8, 4) is 0 Å². The number of pyridine rings is 1. The van der Waals surface area contributed by atoms with Crippen molar-refractivity contribution in [2.45, 2.75) is 76.8 Å². The molecule has 3 heteroatoms. The molecule has 1 aromatic heterocycles. The average molecular weight is 416 g/mol. The van der Waals surface area contributed by atoms with Crippen molar-refractivity contribution in [3.05, 3.63) is 78.1 Å². The molecule has 31 heavy (non-hydrogen) atoms. The summed E-state index contributed by atoms with van der Waals surface area (Å²) in [6.45, 7) is 6.36. The van der Waals surface area contributed by atoms with Crippen molar-refractivity contribution in [3.63, 3.8) is 0 Å². The van der Waals surface area contributed by atoms with Crippen molar-refractivity contribution in [1.82, 2.24) is 10.3 Å². The zero-order valence-electron chi connectivity index (χ0n) is 18.9. The lowest BCUT2D eigenvalue weighted by Gasteiger charge is -2.21. The molecule has 2 aromatic rings. The topological polar surface area (TPSA) is 37.0 Å². The molecule has 164 valence electrons. The van der Waals surface area contributed by atoms with E-state index in [4.69, 9.17) is 4.98 Å². The molecule has 2 fully saturated rings. The van der Waals surface area contributed by atoms with Crippen molar-refractivity contribution in [2.24, 2.45) is 5.92 Å². The van der Waals surface area contributed by atoms with Gasteiger partial charge in [-0.3, -0.25) is 0 Å². The van der Waals surface area contributed by atoms with E-state index in [1.807, 2.05) is 0 Å². The number of benzene rings is 1. The minimum atomic E-state index is 0.489. The van der Waals surface area contributed by atoms with Crippen LogP contribution in [-0.2, 0) is 6.42 Å². The molecule has 2 aliphatic rings. The van der Waals surface area contributed by atoms with Crippen LogP contribution in [0.1, 0.15) is 68.2 Å². The Morgan fingerprint density at radius 3 is 2.65 bits per heavy atom. The zero-order chi connectivity index (χ0) is 21.5. The predicted octanol–water partition coefficient (Wildman–Crippen LogP) is 6.66. The van der Waals surface area contributed by atoms with Gasteiger partial charge in [0, 0.05) is 17.8 Å². The van der Waals surface area contributed by atoms with Crippen molar-refractivity contribution in [1.29, 1.82) is 0 Å². The number of rotatable bonds is 8. The number of allylic oxidation sites excluding steroid dienone is 2. The summed E-state index contributed by atoms with van der Waals surface area (Å²) >= 11 is 0. The predicted molar refractivity (Wildman–Crippen MR) is 132 cm³/mol. The van der Waals surface area contributed by atoms with Gasteiger partial charge in [-0.05, 0) is 79.6 Å². The molecule has 4 rings (SSSR count). The van der Waals surface area contributed by atoms with Crippen molar-refractivity contribution >= 4 is 11.4 Å². The number of anilines is 1. The number of hydrogen-bond acceptors (Lipinski definition) is 3. The Bertz CT molecular complexity index is 895. The molecule has 2 unspecified atom stereocenters. The van der Waals surface area contributed by atoms with E-state index in [1.54, 1.807) is 0 Å². The minimum Gasteiger partial charge on any atom is -0.388 e. The van der Waals surface area contributed by atoms with Gasteiger partial charge in [0.15, 0.2) is 0 Å². The van der Waals surface area contributed by atoms with Crippen LogP contribution >= 0.6 is 0 Å². The molecule has 0 aliphatic heterocycles. The molecule has 2 atom stereocenters. The van der Waals surface area contributed by atoms with E-state index < -0.39 is 0 Å². The monoisotopic (exact) mass is 415 g/mol. The van der Waals surface area contributed by atoms with Gasteiger partial charge in [-0.2, -0.15) is 0 Å². The van der Waals surface area contributed by atoms with Crippen LogP contribution in [0.3, 0.4) is 0 Å². The molecule has 0 radical (unpaired) electrons. The maximum absolute atomic E-state index is 4.93. The second kappa shape index (κ2) is 10.7. The molecule has 3 nitrogen and oxygen atoms in total. The Morgan fingerprint density at radius 2 is 1.81 bits per heavy atom. The van der Waals surface area contributed by atoms with Gasteiger partial charge in [-0.25, -0.2) is 4.98 Å². The molecule has 0 spiro atoms. The number of nitrogens with one attached hydrogen (secondary N) is 2. The second-order valence-corrected chi connectivity index (χ2v) is 9.41. The minimum absolute atomic E-state index is 0.489. The van der Waals surface area contributed by atoms with E-state index in [1.165, 1.54) is 61.8 Å². The Labute approximate surface area is 188 Å². The molecule has 2 saturated carbocycles. The van der Waals surface area contributed by atoms with Gasteiger partial charge in [0.05, 0.1) is 0 Å². The van der Waals surface area contributed by atoms with E-state index in [2.05, 4.69) is 78.9 Å². The summed E-state index contributed by atoms with van der Waals surface area (Å²) in [4.78, 5) is 4.93. The highest BCUT2D eigenvalue weighted by Gasteiger charge is 2.24. The van der Waals surface area contributed by atoms with Gasteiger partial charge >= 0.3 is 0 Å². The first-order chi connectivity index (χ1) is 15.2. The molecular weight excluding hydrogens is 378 g/mol. The first-order valence-electron chi connectivity index (χ1n) is 12.1. The van der Waals surface area contributed by atoms with Crippen LogP contribution in [0, 0.1) is 12.8 Å². The summed E-state index contributed by atoms with van der Waals surface area (Å²) in [5.74, 6) is 1.88. The van der Waals surface area contributed by atoms with Gasteiger partial charge < -0.3 is 10.6 Å². The van der Waals surface area contributed by atoms with Gasteiger partial charge in [0.1, 0.15) is 5.82 Å². The third-order valence-electron chi connectivity index (χ3n) is 6.92. The quantitative estimate of drug-likeness (QED) is 0.473. The summed E-state index contributed by atoms with van der Waals surface area (Å²) < 4.78 is 0. The largest absolute Gasteiger partial charge is 0.388 e. The van der Waals surface area contributed by atoms with Crippen LogP contribution in [-0.4, -0.2) is 17.1 Å². The third-order valence-corrected chi connectivity index (χ3v) is 6.92. The molecular formula is C28H37N3. The number of aryl methyl sites for hydroxylation is 1. The summed E-state index contributed by atoms with van der Waals surface area (Å²) in [6, 6.07) is 15.9. The van der Waals surface area contributed by atoms with E-state index in [-0.39, 0.29) is 0 Å². The number of hydrogen-bond donors (Lipinski definition) is 2. The summed E-state index contributed by atoms with van der Waals surface area (Å²) in [7, 11) is 0. The summed E-state index contributed by atoms with van der Waals surface area (Å²) in [6.07, 6.45) is 15.7. The summed E-state index contributed by atoms with van der Waals surface area (Å²) in [5.41, 5.74) is 4.78. The lowest BCUT2D eigenvalue weighted by atomic mass is 9.86. The Hall–Kier alpha value is -2.55. The van der Waals surface area contributed by atoms with E-state index in [9.17, 15) is 0 Å². The van der Waals surface area contributed by atoms with Gasteiger partial charge in [-0.1, -0.05) is 69.0 Å². The maximum atomic E-state index is 4.93. The zero-order valence-corrected chi connectivity index (χ0v) is 18.9. The summed E-state index contributed by atoms with van der Waals surface area (Å²) in [5, 5.41) is 7.27. The first kappa shape index (κ1) is 21.7. The van der Waals surface area contributed by atoms with Crippen LogP contribution in [0.4, 0.5) is 5.82 Å². The SMILES string of the molecule is C=C(/C=C/NC1CCC(Nc2cccc(CC3CCCCC3)n2)C1)c1ccccc1C. The standard InChI is InChI=1S/C28H37N3/c1-21-9-6-7-13-27(21)22(2)17-18-29-24-15-16-26(20-24)31-28-14-8-12-25(30-28)19-23-10-4-3-5-11-23/h6-9,12-14,17-18,23-24,26,29H,2-5,10-11,15-16,19-20H2,1H3,(H,30,31)/b18-17+. The average Bonchev–Trinajstić information content (AvgIpc) is 3.22. The normalized spacial score (nSPS) is 22.0. The fourth-order valence-electron chi connectivity index (χ4n) is 5.14.